The minimum absolute atomic E-state index is 0. The van der Waals surface area contributed by atoms with E-state index in [2.05, 4.69) is 4.98 Å². The predicted molar refractivity (Wildman–Crippen MR) is 103 cm³/mol. The summed E-state index contributed by atoms with van der Waals surface area (Å²) in [4.78, 5) is 34.5. The smallest absolute Gasteiger partial charge is 0.227 e. The van der Waals surface area contributed by atoms with Gasteiger partial charge in [-0.05, 0) is 12.1 Å². The van der Waals surface area contributed by atoms with Crippen molar-refractivity contribution in [2.24, 2.45) is 0 Å². The standard InChI is InChI=1S/C12H13N3O2.C9H7NO.Er/c16-9-7-8(13-1-2-13)12(17)11(15-5-6-15)10(9)14-3-4-14;11-8-5-1-3-7-4-2-6-10-9(7)8;/h7H,1-6H2;1-6,11H;. The van der Waals surface area contributed by atoms with Crippen molar-refractivity contribution in [3.8, 4) is 5.75 Å². The van der Waals surface area contributed by atoms with Gasteiger partial charge in [0.15, 0.2) is 0 Å². The number of fused-ring (bicyclic) bond motifs is 1. The summed E-state index contributed by atoms with van der Waals surface area (Å²) in [6, 6.07) is 9.13. The van der Waals surface area contributed by atoms with E-state index in [4.69, 9.17) is 0 Å². The van der Waals surface area contributed by atoms with Gasteiger partial charge in [0, 0.05) is 94.2 Å². The largest absolute Gasteiger partial charge is 0.506 e. The summed E-state index contributed by atoms with van der Waals surface area (Å²) in [5, 5.41) is 10.3. The van der Waals surface area contributed by atoms with E-state index in [-0.39, 0.29) is 54.6 Å². The fourth-order valence-corrected chi connectivity index (χ4v) is 3.36. The Bertz CT molecular complexity index is 1050. The number of para-hydroxylation sites is 1. The van der Waals surface area contributed by atoms with Crippen molar-refractivity contribution < 1.29 is 52.0 Å². The first-order valence-electron chi connectivity index (χ1n) is 9.46. The summed E-state index contributed by atoms with van der Waals surface area (Å²) in [6.45, 7) is 5.41. The normalized spacial score (nSPS) is 19.4. The average molecular weight is 544 g/mol. The van der Waals surface area contributed by atoms with Crippen molar-refractivity contribution in [1.82, 2.24) is 19.7 Å². The number of hydrogen-bond donors (Lipinski definition) is 1. The van der Waals surface area contributed by atoms with E-state index in [0.717, 1.165) is 44.7 Å². The van der Waals surface area contributed by atoms with Gasteiger partial charge in [0.2, 0.25) is 11.6 Å². The molecule has 2 aromatic rings. The molecule has 3 saturated heterocycles. The third-order valence-electron chi connectivity index (χ3n) is 5.10. The Balaban J connectivity index is 0.000000149. The van der Waals surface area contributed by atoms with E-state index >= 15 is 0 Å². The quantitative estimate of drug-likeness (QED) is 0.460. The van der Waals surface area contributed by atoms with Gasteiger partial charge in [-0.1, -0.05) is 18.2 Å². The molecule has 8 heteroatoms. The average Bonchev–Trinajstić information content (AvgIpc) is 3.57. The summed E-state index contributed by atoms with van der Waals surface area (Å²) in [5.74, 6) is 0.288. The van der Waals surface area contributed by atoms with Crippen LogP contribution in [0.5, 0.6) is 5.75 Å². The number of hydrogen-bond acceptors (Lipinski definition) is 7. The fourth-order valence-electron chi connectivity index (χ4n) is 3.36. The van der Waals surface area contributed by atoms with Crippen molar-refractivity contribution >= 4 is 22.5 Å². The zero-order chi connectivity index (χ0) is 19.3. The topological polar surface area (TPSA) is 76.3 Å². The van der Waals surface area contributed by atoms with Crippen LogP contribution >= 0.6 is 0 Å². The molecule has 0 amide bonds. The molecule has 3 aliphatic heterocycles. The SMILES string of the molecule is O=C1C=C(N2CC2)C(=O)C(N2CC2)=C1N1CC1.Oc1cccc2cccnc12.[Er]. The van der Waals surface area contributed by atoms with Gasteiger partial charge in [-0.25, -0.2) is 0 Å². The first-order chi connectivity index (χ1) is 13.6. The second-order valence-electron chi connectivity index (χ2n) is 7.23. The zero-order valence-electron chi connectivity index (χ0n) is 15.6. The van der Waals surface area contributed by atoms with Crippen LogP contribution in [0.1, 0.15) is 0 Å². The van der Waals surface area contributed by atoms with Gasteiger partial charge in [0.1, 0.15) is 22.7 Å². The molecule has 0 spiro atoms. The van der Waals surface area contributed by atoms with Crippen LogP contribution in [0.25, 0.3) is 10.9 Å². The van der Waals surface area contributed by atoms with Crippen LogP contribution in [-0.2, 0) is 9.59 Å². The molecule has 4 heterocycles. The Hall–Kier alpha value is -2.10. The molecule has 0 radical (unpaired) electrons. The molecule has 0 unspecified atom stereocenters. The number of phenolic OH excluding ortho intramolecular Hbond substituents is 1. The maximum atomic E-state index is 12.4. The molecule has 0 atom stereocenters. The molecule has 0 saturated carbocycles. The molecule has 3 fully saturated rings. The number of pyridine rings is 1. The Morgan fingerprint density at radius 3 is 2.07 bits per heavy atom. The van der Waals surface area contributed by atoms with E-state index in [1.165, 1.54) is 6.08 Å². The number of aromatic nitrogens is 1. The molecule has 7 nitrogen and oxygen atoms in total. The van der Waals surface area contributed by atoms with Gasteiger partial charge in [-0.2, -0.15) is 0 Å². The minimum Gasteiger partial charge on any atom is -0.506 e. The first kappa shape index (κ1) is 20.2. The summed E-state index contributed by atoms with van der Waals surface area (Å²) in [6.07, 6.45) is 3.19. The number of carbonyl (C=O) groups is 2. The van der Waals surface area contributed by atoms with Crippen LogP contribution in [0.4, 0.5) is 0 Å². The van der Waals surface area contributed by atoms with Gasteiger partial charge < -0.3 is 19.8 Å². The van der Waals surface area contributed by atoms with E-state index in [1.54, 1.807) is 18.3 Å². The maximum absolute atomic E-state index is 12.4. The van der Waals surface area contributed by atoms with E-state index in [0.29, 0.717) is 22.6 Å². The van der Waals surface area contributed by atoms with Gasteiger partial charge in [0.05, 0.1) is 5.70 Å². The number of ketones is 2. The van der Waals surface area contributed by atoms with Crippen molar-refractivity contribution in [1.29, 1.82) is 0 Å². The van der Waals surface area contributed by atoms with Crippen LogP contribution in [-0.4, -0.2) is 75.6 Å². The molecule has 154 valence electrons. The molecule has 1 aromatic carbocycles. The molecular formula is C21H20ErN4O3. The predicted octanol–water partition coefficient (Wildman–Crippen LogP) is 1.12. The second-order valence-corrected chi connectivity index (χ2v) is 7.23. The second kappa shape index (κ2) is 7.96. The van der Waals surface area contributed by atoms with Crippen LogP contribution in [0, 0.1) is 37.3 Å². The summed E-state index contributed by atoms with van der Waals surface area (Å²) in [5.41, 5.74) is 2.55. The third kappa shape index (κ3) is 4.12. The first-order valence-corrected chi connectivity index (χ1v) is 9.46. The maximum Gasteiger partial charge on any atom is 0.227 e. The molecule has 0 bridgehead atoms. The number of nitrogens with zero attached hydrogens (tertiary/aromatic N) is 4. The Morgan fingerprint density at radius 1 is 0.828 bits per heavy atom. The van der Waals surface area contributed by atoms with Gasteiger partial charge >= 0.3 is 0 Å². The molecule has 4 aliphatic rings. The monoisotopic (exact) mass is 542 g/mol. The molecule has 6 rings (SSSR count). The van der Waals surface area contributed by atoms with Crippen molar-refractivity contribution in [3.63, 3.8) is 0 Å². The van der Waals surface area contributed by atoms with Crippen molar-refractivity contribution in [2.75, 3.05) is 39.3 Å². The zero-order valence-corrected chi connectivity index (χ0v) is 17.5. The molecule has 29 heavy (non-hydrogen) atoms. The number of carbonyl (C=O) groups excluding carboxylic acids is 2. The summed E-state index contributed by atoms with van der Waals surface area (Å²) >= 11 is 0. The van der Waals surface area contributed by atoms with Crippen LogP contribution in [0.15, 0.2) is 59.7 Å². The van der Waals surface area contributed by atoms with Gasteiger partial charge in [-0.15, -0.1) is 0 Å². The number of Topliss-reactive ketones (excluding diaryl/α,β-unsaturated/α-hetero) is 1. The van der Waals surface area contributed by atoms with Crippen molar-refractivity contribution in [2.45, 2.75) is 0 Å². The number of benzene rings is 1. The Labute approximate surface area is 197 Å². The van der Waals surface area contributed by atoms with Crippen LogP contribution in [0.3, 0.4) is 0 Å². The van der Waals surface area contributed by atoms with E-state index in [1.807, 2.05) is 32.9 Å². The number of rotatable bonds is 3. The van der Waals surface area contributed by atoms with Gasteiger partial charge in [0.25, 0.3) is 0 Å². The fraction of sp³-hybridized carbons (Fsp3) is 0.286. The summed E-state index contributed by atoms with van der Waals surface area (Å²) < 4.78 is 0. The summed E-state index contributed by atoms with van der Waals surface area (Å²) in [7, 11) is 0. The molecule has 1 aliphatic carbocycles. The minimum atomic E-state index is 0. The Morgan fingerprint density at radius 2 is 1.45 bits per heavy atom. The third-order valence-corrected chi connectivity index (χ3v) is 5.10. The molecular weight excluding hydrogens is 524 g/mol. The Kier molecular flexibility index (Phi) is 5.54. The number of allylic oxidation sites excluding steroid dienone is 1. The van der Waals surface area contributed by atoms with Gasteiger partial charge in [-0.3, -0.25) is 14.6 Å². The molecule has 1 N–H and O–H groups in total. The number of phenols is 1. The number of aromatic hydroxyl groups is 1. The van der Waals surface area contributed by atoms with Crippen LogP contribution < -0.4 is 0 Å². The van der Waals surface area contributed by atoms with E-state index in [9.17, 15) is 14.7 Å². The molecule has 1 aromatic heterocycles. The van der Waals surface area contributed by atoms with E-state index < -0.39 is 0 Å². The van der Waals surface area contributed by atoms with Crippen LogP contribution in [0.2, 0.25) is 0 Å². The van der Waals surface area contributed by atoms with Crippen molar-refractivity contribution in [3.05, 3.63) is 59.7 Å².